The molecule has 0 radical (unpaired) electrons. The lowest BCUT2D eigenvalue weighted by molar-refractivity contribution is -0.384. The van der Waals surface area contributed by atoms with Crippen molar-refractivity contribution in [2.24, 2.45) is 0 Å². The normalized spacial score (nSPS) is 16.4. The molecule has 1 aliphatic rings. The minimum Gasteiger partial charge on any atom is -0.303 e. The van der Waals surface area contributed by atoms with Crippen LogP contribution in [-0.4, -0.2) is 44.4 Å². The second-order valence-corrected chi connectivity index (χ2v) is 8.43. The van der Waals surface area contributed by atoms with Crippen molar-refractivity contribution in [3.8, 4) is 0 Å². The Labute approximate surface area is 132 Å². The first-order valence-electron chi connectivity index (χ1n) is 6.56. The summed E-state index contributed by atoms with van der Waals surface area (Å²) in [6.07, 6.45) is 3.10. The van der Waals surface area contributed by atoms with Crippen molar-refractivity contribution in [2.75, 3.05) is 26.2 Å². The smallest absolute Gasteiger partial charge is 0.300 e. The summed E-state index contributed by atoms with van der Waals surface area (Å²) in [4.78, 5) is 12.3. The number of hydrogen-bond donors (Lipinski definition) is 1. The Morgan fingerprint density at radius 3 is 2.67 bits per heavy atom. The number of nitrogens with one attached hydrogen (secondary N) is 1. The number of nitro groups is 1. The highest BCUT2D eigenvalue weighted by atomic mass is 35.5. The van der Waals surface area contributed by atoms with Crippen molar-refractivity contribution in [3.05, 3.63) is 20.5 Å². The molecular formula is C11H16ClN3O4S2. The van der Waals surface area contributed by atoms with Crippen LogP contribution in [0, 0.1) is 10.1 Å². The molecule has 1 aromatic heterocycles. The molecule has 1 aliphatic heterocycles. The molecule has 2 rings (SSSR count). The highest BCUT2D eigenvalue weighted by Gasteiger charge is 2.25. The molecule has 21 heavy (non-hydrogen) atoms. The molecule has 0 amide bonds. The maximum atomic E-state index is 12.0. The molecule has 2 heterocycles. The first kappa shape index (κ1) is 16.6. The van der Waals surface area contributed by atoms with E-state index in [1.807, 2.05) is 0 Å². The lowest BCUT2D eigenvalue weighted by atomic mass is 10.4. The van der Waals surface area contributed by atoms with Crippen LogP contribution < -0.4 is 4.72 Å². The molecule has 0 saturated carbocycles. The lowest BCUT2D eigenvalue weighted by Crippen LogP contribution is -2.28. The Kier molecular flexibility index (Phi) is 5.55. The Bertz CT molecular complexity index is 611. The fourth-order valence-electron chi connectivity index (χ4n) is 2.18. The molecule has 0 aromatic carbocycles. The van der Waals surface area contributed by atoms with Crippen LogP contribution in [0.4, 0.5) is 5.69 Å². The highest BCUT2D eigenvalue weighted by Crippen LogP contribution is 2.36. The maximum Gasteiger partial charge on any atom is 0.300 e. The van der Waals surface area contributed by atoms with Gasteiger partial charge >= 0.3 is 0 Å². The van der Waals surface area contributed by atoms with Gasteiger partial charge in [0.1, 0.15) is 4.21 Å². The van der Waals surface area contributed by atoms with Gasteiger partial charge in [0, 0.05) is 12.6 Å². The standard InChI is InChI=1S/C11H16ClN3O4S2/c12-11-9(15(16)17)8-10(20-11)21(18,19)13-4-3-7-14-5-1-2-6-14/h8,13H,1-7H2. The minimum absolute atomic E-state index is 0.125. The average Bonchev–Trinajstić information content (AvgIpc) is 3.04. The first-order valence-corrected chi connectivity index (χ1v) is 9.23. The molecule has 7 nitrogen and oxygen atoms in total. The van der Waals surface area contributed by atoms with Crippen LogP contribution in [0.2, 0.25) is 4.34 Å². The number of hydrogen-bond acceptors (Lipinski definition) is 6. The summed E-state index contributed by atoms with van der Waals surface area (Å²) in [7, 11) is -3.73. The third-order valence-electron chi connectivity index (χ3n) is 3.25. The van der Waals surface area contributed by atoms with Crippen molar-refractivity contribution >= 4 is 38.6 Å². The van der Waals surface area contributed by atoms with Crippen LogP contribution in [0.5, 0.6) is 0 Å². The number of thiophene rings is 1. The molecule has 0 unspecified atom stereocenters. The van der Waals surface area contributed by atoms with E-state index in [0.717, 1.165) is 25.7 Å². The van der Waals surface area contributed by atoms with Crippen molar-refractivity contribution in [1.29, 1.82) is 0 Å². The number of halogens is 1. The molecule has 1 fully saturated rings. The number of likely N-dealkylation sites (tertiary alicyclic amines) is 1. The van der Waals surface area contributed by atoms with Crippen molar-refractivity contribution in [1.82, 2.24) is 9.62 Å². The monoisotopic (exact) mass is 353 g/mol. The molecule has 1 saturated heterocycles. The second-order valence-electron chi connectivity index (χ2n) is 4.78. The summed E-state index contributed by atoms with van der Waals surface area (Å²) in [6.45, 7) is 3.30. The van der Waals surface area contributed by atoms with E-state index in [1.54, 1.807) is 0 Å². The van der Waals surface area contributed by atoms with Crippen molar-refractivity contribution in [2.45, 2.75) is 23.5 Å². The zero-order valence-corrected chi connectivity index (χ0v) is 13.6. The van der Waals surface area contributed by atoms with Gasteiger partial charge in [-0.25, -0.2) is 13.1 Å². The van der Waals surface area contributed by atoms with Gasteiger partial charge in [-0.3, -0.25) is 10.1 Å². The zero-order valence-electron chi connectivity index (χ0n) is 11.2. The molecular weight excluding hydrogens is 338 g/mol. The van der Waals surface area contributed by atoms with E-state index < -0.39 is 14.9 Å². The molecule has 0 spiro atoms. The third kappa shape index (κ3) is 4.36. The molecule has 1 N–H and O–H groups in total. The second kappa shape index (κ2) is 7.01. The van der Waals surface area contributed by atoms with E-state index in [1.165, 1.54) is 12.8 Å². The highest BCUT2D eigenvalue weighted by molar-refractivity contribution is 7.91. The number of sulfonamides is 1. The number of rotatable bonds is 7. The summed E-state index contributed by atoms with van der Waals surface area (Å²) < 4.78 is 26.2. The summed E-state index contributed by atoms with van der Waals surface area (Å²) >= 11 is 6.37. The lowest BCUT2D eigenvalue weighted by Gasteiger charge is -2.14. The Hall–Kier alpha value is -0.740. The Morgan fingerprint density at radius 2 is 2.10 bits per heavy atom. The van der Waals surface area contributed by atoms with E-state index in [-0.39, 0.29) is 14.2 Å². The quantitative estimate of drug-likeness (QED) is 0.460. The third-order valence-corrected chi connectivity index (χ3v) is 6.52. The fourth-order valence-corrected chi connectivity index (χ4v) is 4.96. The van der Waals surface area contributed by atoms with Crippen LogP contribution >= 0.6 is 22.9 Å². The van der Waals surface area contributed by atoms with Gasteiger partial charge in [0.2, 0.25) is 10.0 Å². The number of nitrogens with zero attached hydrogens (tertiary/aromatic N) is 2. The summed E-state index contributed by atoms with van der Waals surface area (Å²) in [6, 6.07) is 0.996. The van der Waals surface area contributed by atoms with Gasteiger partial charge in [-0.05, 0) is 38.9 Å². The molecule has 0 aliphatic carbocycles. The van der Waals surface area contributed by atoms with Gasteiger partial charge in [0.25, 0.3) is 5.69 Å². The van der Waals surface area contributed by atoms with Gasteiger partial charge in [-0.15, -0.1) is 11.3 Å². The first-order chi connectivity index (χ1) is 9.90. The van der Waals surface area contributed by atoms with E-state index in [9.17, 15) is 18.5 Å². The maximum absolute atomic E-state index is 12.0. The summed E-state index contributed by atoms with van der Waals surface area (Å²) in [5.74, 6) is 0. The van der Waals surface area contributed by atoms with E-state index >= 15 is 0 Å². The predicted octanol–water partition coefficient (Wildman–Crippen LogP) is 2.07. The van der Waals surface area contributed by atoms with E-state index in [4.69, 9.17) is 11.6 Å². The molecule has 0 atom stereocenters. The van der Waals surface area contributed by atoms with Gasteiger partial charge < -0.3 is 4.90 Å². The van der Waals surface area contributed by atoms with Crippen molar-refractivity contribution < 1.29 is 13.3 Å². The molecule has 0 bridgehead atoms. The zero-order chi connectivity index (χ0) is 15.5. The van der Waals surface area contributed by atoms with Gasteiger partial charge in [0.15, 0.2) is 4.34 Å². The van der Waals surface area contributed by atoms with Crippen LogP contribution in [0.15, 0.2) is 10.3 Å². The van der Waals surface area contributed by atoms with Crippen LogP contribution in [-0.2, 0) is 10.0 Å². The Balaban J connectivity index is 1.89. The van der Waals surface area contributed by atoms with Gasteiger partial charge in [-0.2, -0.15) is 0 Å². The summed E-state index contributed by atoms with van der Waals surface area (Å²) in [5, 5.41) is 10.7. The van der Waals surface area contributed by atoms with E-state index in [0.29, 0.717) is 24.3 Å². The van der Waals surface area contributed by atoms with Crippen molar-refractivity contribution in [3.63, 3.8) is 0 Å². The Morgan fingerprint density at radius 1 is 1.43 bits per heavy atom. The fraction of sp³-hybridized carbons (Fsp3) is 0.636. The minimum atomic E-state index is -3.73. The molecule has 118 valence electrons. The SMILES string of the molecule is O=[N+]([O-])c1cc(S(=O)(=O)NCCCN2CCCC2)sc1Cl. The average molecular weight is 354 g/mol. The topological polar surface area (TPSA) is 92.5 Å². The predicted molar refractivity (Wildman–Crippen MR) is 81.5 cm³/mol. The molecule has 1 aromatic rings. The van der Waals surface area contributed by atoms with Crippen LogP contribution in [0.25, 0.3) is 0 Å². The summed E-state index contributed by atoms with van der Waals surface area (Å²) in [5.41, 5.74) is -0.376. The van der Waals surface area contributed by atoms with E-state index in [2.05, 4.69) is 9.62 Å². The van der Waals surface area contributed by atoms with Gasteiger partial charge in [-0.1, -0.05) is 11.6 Å². The van der Waals surface area contributed by atoms with Crippen LogP contribution in [0.1, 0.15) is 19.3 Å². The molecule has 10 heteroatoms. The largest absolute Gasteiger partial charge is 0.303 e. The van der Waals surface area contributed by atoms with Crippen LogP contribution in [0.3, 0.4) is 0 Å². The van der Waals surface area contributed by atoms with Gasteiger partial charge in [0.05, 0.1) is 4.92 Å².